The Bertz CT molecular complexity index is 757. The number of fused-ring (bicyclic) bond motifs is 1. The van der Waals surface area contributed by atoms with E-state index in [-0.39, 0.29) is 18.8 Å². The van der Waals surface area contributed by atoms with E-state index >= 15 is 0 Å². The summed E-state index contributed by atoms with van der Waals surface area (Å²) in [6.07, 6.45) is 1.70. The van der Waals surface area contributed by atoms with Crippen molar-refractivity contribution in [2.45, 2.75) is 52.4 Å². The van der Waals surface area contributed by atoms with Crippen LogP contribution in [0.2, 0.25) is 0 Å². The molecule has 0 atom stereocenters. The lowest BCUT2D eigenvalue weighted by atomic mass is 10.0. The van der Waals surface area contributed by atoms with Crippen molar-refractivity contribution in [2.24, 2.45) is 0 Å². The molecular formula is C17H22N4O4. The normalized spacial score (nSPS) is 14.7. The molecule has 0 N–H and O–H groups in total. The quantitative estimate of drug-likeness (QED) is 0.708. The average molecular weight is 346 g/mol. The van der Waals surface area contributed by atoms with Crippen molar-refractivity contribution in [2.75, 3.05) is 6.61 Å². The molecule has 0 fully saturated rings. The van der Waals surface area contributed by atoms with Crippen molar-refractivity contribution in [3.05, 3.63) is 29.6 Å². The van der Waals surface area contributed by atoms with Gasteiger partial charge in [-0.15, -0.1) is 5.10 Å². The molecule has 0 aliphatic carbocycles. The van der Waals surface area contributed by atoms with Crippen molar-refractivity contribution in [1.29, 1.82) is 0 Å². The molecule has 1 aliphatic rings. The molecule has 8 nitrogen and oxygen atoms in total. The monoisotopic (exact) mass is 346 g/mol. The van der Waals surface area contributed by atoms with E-state index in [4.69, 9.17) is 14.2 Å². The summed E-state index contributed by atoms with van der Waals surface area (Å²) in [7, 11) is 0. The van der Waals surface area contributed by atoms with E-state index in [1.54, 1.807) is 10.7 Å². The maximum Gasteiger partial charge on any atom is 0.344 e. The van der Waals surface area contributed by atoms with E-state index in [0.29, 0.717) is 23.9 Å². The summed E-state index contributed by atoms with van der Waals surface area (Å²) in [6, 6.07) is 5.68. The molecule has 1 aliphatic heterocycles. The van der Waals surface area contributed by atoms with Crippen LogP contribution in [0.4, 0.5) is 0 Å². The number of carbonyl (C=O) groups excluding carboxylic acids is 1. The van der Waals surface area contributed by atoms with Crippen LogP contribution in [0.1, 0.15) is 38.6 Å². The topological polar surface area (TPSA) is 88.4 Å². The van der Waals surface area contributed by atoms with Gasteiger partial charge >= 0.3 is 5.97 Å². The minimum absolute atomic E-state index is 0.0195. The molecule has 0 saturated heterocycles. The van der Waals surface area contributed by atoms with Gasteiger partial charge in [-0.25, -0.2) is 9.48 Å². The van der Waals surface area contributed by atoms with Crippen LogP contribution in [0.3, 0.4) is 0 Å². The molecule has 1 aromatic heterocycles. The van der Waals surface area contributed by atoms with Crippen LogP contribution in [0, 0.1) is 0 Å². The molecule has 1 aromatic carbocycles. The maximum atomic E-state index is 11.9. The second kappa shape index (κ2) is 7.08. The molecule has 0 radical (unpaired) electrons. The lowest BCUT2D eigenvalue weighted by molar-refractivity contribution is -0.147. The minimum atomic E-state index is -0.485. The van der Waals surface area contributed by atoms with Gasteiger partial charge in [0.1, 0.15) is 5.60 Å². The van der Waals surface area contributed by atoms with E-state index in [9.17, 15) is 4.79 Å². The summed E-state index contributed by atoms with van der Waals surface area (Å²) < 4.78 is 18.3. The summed E-state index contributed by atoms with van der Waals surface area (Å²) in [5.41, 5.74) is 0.813. The largest absolute Gasteiger partial charge is 0.483 e. The third-order valence-electron chi connectivity index (χ3n) is 3.80. The van der Waals surface area contributed by atoms with E-state index in [2.05, 4.69) is 15.5 Å². The van der Waals surface area contributed by atoms with Gasteiger partial charge in [-0.2, -0.15) is 0 Å². The standard InChI is InChI=1S/C17H22N4O4/c1-4-8-21-14(18-19-20-21)10-24-15(22)11-23-13-7-5-6-12-9-17(2,3)25-16(12)13/h5-7H,4,8-11H2,1-3H3. The maximum absolute atomic E-state index is 11.9. The number of rotatable bonds is 7. The molecule has 8 heteroatoms. The summed E-state index contributed by atoms with van der Waals surface area (Å²) in [6.45, 7) is 6.56. The second-order valence-corrected chi connectivity index (χ2v) is 6.55. The van der Waals surface area contributed by atoms with Crippen LogP contribution in [-0.4, -0.2) is 38.4 Å². The fourth-order valence-electron chi connectivity index (χ4n) is 2.74. The van der Waals surface area contributed by atoms with Crippen LogP contribution < -0.4 is 9.47 Å². The summed E-state index contributed by atoms with van der Waals surface area (Å²) in [5, 5.41) is 11.3. The highest BCUT2D eigenvalue weighted by molar-refractivity contribution is 5.71. The predicted molar refractivity (Wildman–Crippen MR) is 88.3 cm³/mol. The predicted octanol–water partition coefficient (Wildman–Crippen LogP) is 1.92. The molecule has 134 valence electrons. The zero-order chi connectivity index (χ0) is 17.9. The lowest BCUT2D eigenvalue weighted by Gasteiger charge is -2.18. The number of carbonyl (C=O) groups is 1. The number of hydrogen-bond acceptors (Lipinski definition) is 7. The second-order valence-electron chi connectivity index (χ2n) is 6.55. The molecule has 0 saturated carbocycles. The van der Waals surface area contributed by atoms with Crippen LogP contribution >= 0.6 is 0 Å². The lowest BCUT2D eigenvalue weighted by Crippen LogP contribution is -2.24. The highest BCUT2D eigenvalue weighted by Crippen LogP contribution is 2.41. The fraction of sp³-hybridized carbons (Fsp3) is 0.529. The molecular weight excluding hydrogens is 324 g/mol. The smallest absolute Gasteiger partial charge is 0.344 e. The summed E-state index contributed by atoms with van der Waals surface area (Å²) in [5.74, 6) is 1.28. The molecule has 0 amide bonds. The summed E-state index contributed by atoms with van der Waals surface area (Å²) >= 11 is 0. The third kappa shape index (κ3) is 4.07. The number of aromatic nitrogens is 4. The first kappa shape index (κ1) is 17.2. The first-order chi connectivity index (χ1) is 12.0. The van der Waals surface area contributed by atoms with Crippen LogP contribution in [0.25, 0.3) is 0 Å². The number of tetrazole rings is 1. The Kier molecular flexibility index (Phi) is 4.87. The van der Waals surface area contributed by atoms with Gasteiger partial charge < -0.3 is 14.2 Å². The molecule has 0 bridgehead atoms. The van der Waals surface area contributed by atoms with Gasteiger partial charge in [-0.1, -0.05) is 19.1 Å². The van der Waals surface area contributed by atoms with E-state index in [0.717, 1.165) is 18.4 Å². The Labute approximate surface area is 146 Å². The Morgan fingerprint density at radius 3 is 3.04 bits per heavy atom. The zero-order valence-electron chi connectivity index (χ0n) is 14.7. The Morgan fingerprint density at radius 1 is 1.40 bits per heavy atom. The van der Waals surface area contributed by atoms with Crippen LogP contribution in [0.5, 0.6) is 11.5 Å². The first-order valence-corrected chi connectivity index (χ1v) is 8.33. The van der Waals surface area contributed by atoms with Gasteiger partial charge in [-0.3, -0.25) is 0 Å². The first-order valence-electron chi connectivity index (χ1n) is 8.33. The number of benzene rings is 1. The number of esters is 1. The van der Waals surface area contributed by atoms with Gasteiger partial charge in [0.05, 0.1) is 0 Å². The van der Waals surface area contributed by atoms with Crippen molar-refractivity contribution >= 4 is 5.97 Å². The average Bonchev–Trinajstić information content (AvgIpc) is 3.13. The van der Waals surface area contributed by atoms with E-state index in [1.807, 2.05) is 32.9 Å². The van der Waals surface area contributed by atoms with Gasteiger partial charge in [0.15, 0.2) is 30.5 Å². The highest BCUT2D eigenvalue weighted by atomic mass is 16.6. The van der Waals surface area contributed by atoms with Crippen molar-refractivity contribution in [1.82, 2.24) is 20.2 Å². The number of nitrogens with zero attached hydrogens (tertiary/aromatic N) is 4. The third-order valence-corrected chi connectivity index (χ3v) is 3.80. The Balaban J connectivity index is 1.54. The van der Waals surface area contributed by atoms with Crippen LogP contribution in [-0.2, 0) is 29.1 Å². The Morgan fingerprint density at radius 2 is 2.24 bits per heavy atom. The van der Waals surface area contributed by atoms with Crippen molar-refractivity contribution in [3.8, 4) is 11.5 Å². The minimum Gasteiger partial charge on any atom is -0.483 e. The fourth-order valence-corrected chi connectivity index (χ4v) is 2.74. The molecule has 0 spiro atoms. The van der Waals surface area contributed by atoms with Gasteiger partial charge in [0.2, 0.25) is 0 Å². The highest BCUT2D eigenvalue weighted by Gasteiger charge is 2.32. The number of aryl methyl sites for hydroxylation is 1. The van der Waals surface area contributed by atoms with Crippen LogP contribution in [0.15, 0.2) is 18.2 Å². The van der Waals surface area contributed by atoms with Gasteiger partial charge in [0.25, 0.3) is 0 Å². The SMILES string of the molecule is CCCn1nnnc1COC(=O)COc1cccc2c1OC(C)(C)C2. The van der Waals surface area contributed by atoms with Gasteiger partial charge in [-0.05, 0) is 36.8 Å². The summed E-state index contributed by atoms with van der Waals surface area (Å²) in [4.78, 5) is 11.9. The zero-order valence-corrected chi connectivity index (χ0v) is 14.7. The Hall–Kier alpha value is -2.64. The molecule has 2 heterocycles. The van der Waals surface area contributed by atoms with Crippen molar-refractivity contribution in [3.63, 3.8) is 0 Å². The molecule has 2 aromatic rings. The molecule has 25 heavy (non-hydrogen) atoms. The molecule has 3 rings (SSSR count). The van der Waals surface area contributed by atoms with Crippen molar-refractivity contribution < 1.29 is 19.0 Å². The number of hydrogen-bond donors (Lipinski definition) is 0. The molecule has 0 unspecified atom stereocenters. The van der Waals surface area contributed by atoms with E-state index < -0.39 is 5.97 Å². The number of para-hydroxylation sites is 1. The van der Waals surface area contributed by atoms with Gasteiger partial charge in [0, 0.05) is 18.5 Å². The number of ether oxygens (including phenoxy) is 3. The van der Waals surface area contributed by atoms with E-state index in [1.165, 1.54) is 0 Å².